The van der Waals surface area contributed by atoms with Gasteiger partial charge in [-0.15, -0.1) is 0 Å². The molecule has 4 nitrogen and oxygen atoms in total. The molecule has 90 valence electrons. The third-order valence-corrected chi connectivity index (χ3v) is 2.45. The minimum atomic E-state index is -0.663. The number of aliphatic hydroxyl groups excluding tert-OH is 1. The molecule has 1 heterocycles. The third-order valence-electron chi connectivity index (χ3n) is 2.45. The second-order valence-corrected chi connectivity index (χ2v) is 3.83. The van der Waals surface area contributed by atoms with Crippen molar-refractivity contribution in [3.05, 3.63) is 53.9 Å². The van der Waals surface area contributed by atoms with Crippen molar-refractivity contribution in [3.63, 3.8) is 0 Å². The van der Waals surface area contributed by atoms with E-state index < -0.39 is 6.10 Å². The molecule has 0 saturated heterocycles. The summed E-state index contributed by atoms with van der Waals surface area (Å²) in [6.07, 6.45) is 2.56. The van der Waals surface area contributed by atoms with Crippen LogP contribution >= 0.6 is 0 Å². The number of aromatic nitrogens is 1. The molecule has 18 heavy (non-hydrogen) atoms. The summed E-state index contributed by atoms with van der Waals surface area (Å²) in [5.74, 6) is 1.03. The molecule has 0 aliphatic carbocycles. The van der Waals surface area contributed by atoms with E-state index >= 15 is 0 Å². The van der Waals surface area contributed by atoms with Gasteiger partial charge in [0.1, 0.15) is 11.5 Å². The lowest BCUT2D eigenvalue weighted by atomic mass is 10.1. The number of pyridine rings is 1. The Labute approximate surface area is 105 Å². The first kappa shape index (κ1) is 12.1. The summed E-state index contributed by atoms with van der Waals surface area (Å²) in [7, 11) is 0. The average molecular weight is 240 g/mol. The lowest BCUT2D eigenvalue weighted by molar-refractivity contribution is 0.195. The second kappa shape index (κ2) is 5.30. The van der Waals surface area contributed by atoms with E-state index in [1.165, 1.54) is 0 Å². The minimum absolute atomic E-state index is 0.469. The van der Waals surface area contributed by atoms with Crippen LogP contribution in [-0.2, 0) is 0 Å². The summed E-state index contributed by atoms with van der Waals surface area (Å²) in [5, 5.41) is 18.5. The average Bonchev–Trinajstić information content (AvgIpc) is 2.39. The van der Waals surface area contributed by atoms with Gasteiger partial charge >= 0.3 is 0 Å². The van der Waals surface area contributed by atoms with Crippen molar-refractivity contribution >= 4 is 0 Å². The van der Waals surface area contributed by atoms with Gasteiger partial charge in [0.05, 0.1) is 23.9 Å². The van der Waals surface area contributed by atoms with Crippen LogP contribution in [-0.4, -0.2) is 10.1 Å². The fourth-order valence-electron chi connectivity index (χ4n) is 1.57. The Balaban J connectivity index is 2.39. The van der Waals surface area contributed by atoms with E-state index in [1.807, 2.05) is 6.07 Å². The van der Waals surface area contributed by atoms with Crippen LogP contribution < -0.4 is 4.74 Å². The Bertz CT molecular complexity index is 574. The fourth-order valence-corrected chi connectivity index (χ4v) is 1.57. The number of rotatable bonds is 3. The van der Waals surface area contributed by atoms with Crippen molar-refractivity contribution in [1.82, 2.24) is 4.98 Å². The van der Waals surface area contributed by atoms with Crippen LogP contribution in [0.2, 0.25) is 0 Å². The topological polar surface area (TPSA) is 66.1 Å². The SMILES string of the molecule is CC(O)c1ccc(C#N)cc1Oc1cccnc1. The van der Waals surface area contributed by atoms with E-state index in [9.17, 15) is 5.11 Å². The van der Waals surface area contributed by atoms with Crippen LogP contribution in [0.25, 0.3) is 0 Å². The lowest BCUT2D eigenvalue weighted by Crippen LogP contribution is -1.97. The molecule has 0 spiro atoms. The standard InChI is InChI=1S/C14H12N2O2/c1-10(17)13-5-4-11(8-15)7-14(13)18-12-3-2-6-16-9-12/h2-7,9-10,17H,1H3. The first-order chi connectivity index (χ1) is 8.70. The summed E-state index contributed by atoms with van der Waals surface area (Å²) < 4.78 is 5.64. The van der Waals surface area contributed by atoms with Gasteiger partial charge in [-0.2, -0.15) is 5.26 Å². The number of nitrogens with zero attached hydrogens (tertiary/aromatic N) is 2. The molecular weight excluding hydrogens is 228 g/mol. The van der Waals surface area contributed by atoms with Crippen molar-refractivity contribution in [2.75, 3.05) is 0 Å². The maximum absolute atomic E-state index is 9.67. The van der Waals surface area contributed by atoms with Crippen LogP contribution in [0.3, 0.4) is 0 Å². The Hall–Kier alpha value is -2.38. The summed E-state index contributed by atoms with van der Waals surface area (Å²) in [6, 6.07) is 10.5. The molecule has 2 aromatic rings. The molecule has 4 heteroatoms. The van der Waals surface area contributed by atoms with Crippen molar-refractivity contribution in [1.29, 1.82) is 5.26 Å². The molecule has 1 aromatic heterocycles. The highest BCUT2D eigenvalue weighted by molar-refractivity contribution is 5.45. The van der Waals surface area contributed by atoms with Crippen LogP contribution in [0, 0.1) is 11.3 Å². The first-order valence-electron chi connectivity index (χ1n) is 5.50. The van der Waals surface area contributed by atoms with Crippen LogP contribution in [0.15, 0.2) is 42.7 Å². The van der Waals surface area contributed by atoms with Gasteiger partial charge in [0.2, 0.25) is 0 Å². The minimum Gasteiger partial charge on any atom is -0.455 e. The molecule has 0 bridgehead atoms. The molecular formula is C14H12N2O2. The second-order valence-electron chi connectivity index (χ2n) is 3.83. The van der Waals surface area contributed by atoms with Crippen LogP contribution in [0.1, 0.15) is 24.2 Å². The van der Waals surface area contributed by atoms with E-state index in [4.69, 9.17) is 10.00 Å². The largest absolute Gasteiger partial charge is 0.455 e. The molecule has 1 atom stereocenters. The quantitative estimate of drug-likeness (QED) is 0.895. The molecule has 0 aliphatic heterocycles. The molecule has 0 saturated carbocycles. The summed E-state index contributed by atoms with van der Waals surface area (Å²) in [6.45, 7) is 1.65. The Morgan fingerprint density at radius 1 is 1.39 bits per heavy atom. The molecule has 0 fully saturated rings. The highest BCUT2D eigenvalue weighted by Gasteiger charge is 2.11. The Kier molecular flexibility index (Phi) is 3.56. The molecule has 1 aromatic carbocycles. The summed E-state index contributed by atoms with van der Waals surface area (Å²) in [4.78, 5) is 3.95. The highest BCUT2D eigenvalue weighted by atomic mass is 16.5. The molecule has 2 rings (SSSR count). The Morgan fingerprint density at radius 3 is 2.83 bits per heavy atom. The van der Waals surface area contributed by atoms with E-state index in [1.54, 1.807) is 49.6 Å². The van der Waals surface area contributed by atoms with Gasteiger partial charge in [-0.25, -0.2) is 0 Å². The van der Waals surface area contributed by atoms with Gasteiger partial charge in [0, 0.05) is 11.8 Å². The molecule has 1 unspecified atom stereocenters. The summed E-state index contributed by atoms with van der Waals surface area (Å²) >= 11 is 0. The van der Waals surface area contributed by atoms with Crippen LogP contribution in [0.4, 0.5) is 0 Å². The van der Waals surface area contributed by atoms with Crippen molar-refractivity contribution in [2.45, 2.75) is 13.0 Å². The predicted molar refractivity (Wildman–Crippen MR) is 66.1 cm³/mol. The lowest BCUT2D eigenvalue weighted by Gasteiger charge is -2.13. The van der Waals surface area contributed by atoms with E-state index in [-0.39, 0.29) is 0 Å². The predicted octanol–water partition coefficient (Wildman–Crippen LogP) is 2.80. The van der Waals surface area contributed by atoms with Crippen LogP contribution in [0.5, 0.6) is 11.5 Å². The number of ether oxygens (including phenoxy) is 1. The first-order valence-corrected chi connectivity index (χ1v) is 5.50. The number of hydrogen-bond acceptors (Lipinski definition) is 4. The number of nitriles is 1. The zero-order valence-electron chi connectivity index (χ0n) is 9.87. The van der Waals surface area contributed by atoms with E-state index in [0.717, 1.165) is 0 Å². The van der Waals surface area contributed by atoms with E-state index in [0.29, 0.717) is 22.6 Å². The van der Waals surface area contributed by atoms with Crippen molar-refractivity contribution in [3.8, 4) is 17.6 Å². The van der Waals surface area contributed by atoms with Gasteiger partial charge in [-0.05, 0) is 31.2 Å². The van der Waals surface area contributed by atoms with Gasteiger partial charge in [0.15, 0.2) is 0 Å². The van der Waals surface area contributed by atoms with E-state index in [2.05, 4.69) is 4.98 Å². The van der Waals surface area contributed by atoms with Gasteiger partial charge < -0.3 is 9.84 Å². The van der Waals surface area contributed by atoms with Gasteiger partial charge in [-0.3, -0.25) is 4.98 Å². The zero-order valence-corrected chi connectivity index (χ0v) is 9.87. The smallest absolute Gasteiger partial charge is 0.145 e. The third kappa shape index (κ3) is 2.65. The van der Waals surface area contributed by atoms with Gasteiger partial charge in [0.25, 0.3) is 0 Å². The molecule has 1 N–H and O–H groups in total. The number of hydrogen-bond donors (Lipinski definition) is 1. The maximum atomic E-state index is 9.67. The van der Waals surface area contributed by atoms with Crippen molar-refractivity contribution < 1.29 is 9.84 Å². The monoisotopic (exact) mass is 240 g/mol. The molecule has 0 radical (unpaired) electrons. The number of benzene rings is 1. The maximum Gasteiger partial charge on any atom is 0.145 e. The Morgan fingerprint density at radius 2 is 2.22 bits per heavy atom. The summed E-state index contributed by atoms with van der Waals surface area (Å²) in [5.41, 5.74) is 1.12. The normalized spacial score (nSPS) is 11.6. The zero-order chi connectivity index (χ0) is 13.0. The van der Waals surface area contributed by atoms with Gasteiger partial charge in [-0.1, -0.05) is 6.07 Å². The molecule has 0 amide bonds. The highest BCUT2D eigenvalue weighted by Crippen LogP contribution is 2.30. The van der Waals surface area contributed by atoms with Crippen molar-refractivity contribution in [2.24, 2.45) is 0 Å². The number of aliphatic hydroxyl groups is 1. The fraction of sp³-hybridized carbons (Fsp3) is 0.143. The molecule has 0 aliphatic rings.